The molecule has 0 N–H and O–H groups in total. The van der Waals surface area contributed by atoms with Crippen LogP contribution in [-0.2, 0) is 6.42 Å². The quantitative estimate of drug-likeness (QED) is 0.478. The number of nitrogens with zero attached hydrogens (tertiary/aromatic N) is 2. The van der Waals surface area contributed by atoms with Crippen molar-refractivity contribution in [3.8, 4) is 17.2 Å². The first-order valence-electron chi connectivity index (χ1n) is 11.7. The fraction of sp³-hybridized carbons (Fsp3) is 0.538. The Morgan fingerprint density at radius 2 is 1.52 bits per heavy atom. The summed E-state index contributed by atoms with van der Waals surface area (Å²) in [5.41, 5.74) is 2.10. The van der Waals surface area contributed by atoms with Crippen molar-refractivity contribution >= 4 is 21.6 Å². The maximum Gasteiger partial charge on any atom is 0.149 e. The van der Waals surface area contributed by atoms with Gasteiger partial charge in [0.2, 0.25) is 0 Å². The van der Waals surface area contributed by atoms with Crippen LogP contribution in [0.3, 0.4) is 0 Å². The maximum absolute atomic E-state index is 13.6. The van der Waals surface area contributed by atoms with Gasteiger partial charge in [-0.25, -0.2) is 4.39 Å². The van der Waals surface area contributed by atoms with Gasteiger partial charge in [0.25, 0.3) is 0 Å². The molecule has 0 unspecified atom stereocenters. The molecule has 4 rings (SSSR count). The molecule has 7 heteroatoms. The van der Waals surface area contributed by atoms with Gasteiger partial charge in [-0.2, -0.15) is 0 Å². The normalized spacial score (nSPS) is 18.4. The molecule has 0 aliphatic carbocycles. The third-order valence-corrected chi connectivity index (χ3v) is 7.93. The fourth-order valence-electron chi connectivity index (χ4n) is 5.29. The minimum atomic E-state index is -0.150. The summed E-state index contributed by atoms with van der Waals surface area (Å²) in [4.78, 5) is 5.04. The third kappa shape index (κ3) is 5.57. The van der Waals surface area contributed by atoms with Gasteiger partial charge in [0.1, 0.15) is 28.8 Å². The van der Waals surface area contributed by atoms with Crippen molar-refractivity contribution in [2.75, 3.05) is 52.4 Å². The molecule has 2 fully saturated rings. The minimum Gasteiger partial charge on any atom is -0.496 e. The molecule has 0 radical (unpaired) electrons. The minimum absolute atomic E-state index is 0.150. The molecule has 2 aliphatic heterocycles. The van der Waals surface area contributed by atoms with Crippen molar-refractivity contribution < 1.29 is 18.6 Å². The van der Waals surface area contributed by atoms with Crippen LogP contribution in [0.4, 0.5) is 10.1 Å². The van der Waals surface area contributed by atoms with E-state index in [2.05, 4.69) is 25.7 Å². The smallest absolute Gasteiger partial charge is 0.149 e. The average molecular weight is 521 g/mol. The third-order valence-electron chi connectivity index (χ3n) is 7.15. The Bertz CT molecular complexity index is 916. The van der Waals surface area contributed by atoms with Crippen molar-refractivity contribution in [1.29, 1.82) is 0 Å². The number of rotatable bonds is 7. The lowest BCUT2D eigenvalue weighted by molar-refractivity contribution is 0.115. The van der Waals surface area contributed by atoms with Gasteiger partial charge in [-0.15, -0.1) is 0 Å². The lowest BCUT2D eigenvalue weighted by Crippen LogP contribution is -2.48. The van der Waals surface area contributed by atoms with Gasteiger partial charge in [-0.1, -0.05) is 15.9 Å². The van der Waals surface area contributed by atoms with Gasteiger partial charge in [-0.3, -0.25) is 0 Å². The summed E-state index contributed by atoms with van der Waals surface area (Å²) in [5.74, 6) is 2.77. The molecule has 33 heavy (non-hydrogen) atoms. The van der Waals surface area contributed by atoms with E-state index in [0.29, 0.717) is 12.0 Å². The van der Waals surface area contributed by atoms with Crippen LogP contribution < -0.4 is 19.1 Å². The van der Waals surface area contributed by atoms with E-state index in [1.165, 1.54) is 18.9 Å². The van der Waals surface area contributed by atoms with E-state index >= 15 is 0 Å². The Hall–Kier alpha value is -1.99. The molecule has 5 nitrogen and oxygen atoms in total. The Kier molecular flexibility index (Phi) is 8.02. The van der Waals surface area contributed by atoms with Crippen molar-refractivity contribution in [3.05, 3.63) is 46.2 Å². The first-order valence-corrected chi connectivity index (χ1v) is 12.5. The highest BCUT2D eigenvalue weighted by atomic mass is 79.9. The van der Waals surface area contributed by atoms with Crippen LogP contribution >= 0.6 is 15.9 Å². The van der Waals surface area contributed by atoms with Crippen LogP contribution in [0.15, 0.2) is 34.8 Å². The highest BCUT2D eigenvalue weighted by Crippen LogP contribution is 2.43. The van der Waals surface area contributed by atoms with E-state index in [0.717, 1.165) is 78.4 Å². The highest BCUT2D eigenvalue weighted by molar-refractivity contribution is 9.10. The number of benzene rings is 2. The molecular weight excluding hydrogens is 487 g/mol. The van der Waals surface area contributed by atoms with Crippen LogP contribution in [-0.4, -0.2) is 58.5 Å². The van der Waals surface area contributed by atoms with Crippen molar-refractivity contribution in [3.63, 3.8) is 0 Å². The summed E-state index contributed by atoms with van der Waals surface area (Å²) >= 11 is 3.58. The number of anilines is 1. The molecule has 2 saturated heterocycles. The molecule has 0 aromatic heterocycles. The number of hydrogen-bond donors (Lipinski definition) is 0. The van der Waals surface area contributed by atoms with Crippen LogP contribution in [0.1, 0.15) is 31.2 Å². The predicted octanol–water partition coefficient (Wildman–Crippen LogP) is 5.54. The Labute approximate surface area is 204 Å². The summed E-state index contributed by atoms with van der Waals surface area (Å²) in [6.45, 7) is 4.19. The number of hydrogen-bond acceptors (Lipinski definition) is 5. The number of ether oxygens (including phenoxy) is 3. The molecule has 0 amide bonds. The summed E-state index contributed by atoms with van der Waals surface area (Å²) in [6.07, 6.45) is 5.53. The van der Waals surface area contributed by atoms with Gasteiger partial charge in [0.05, 0.1) is 21.3 Å². The van der Waals surface area contributed by atoms with Crippen molar-refractivity contribution in [2.45, 2.75) is 38.1 Å². The highest BCUT2D eigenvalue weighted by Gasteiger charge is 2.30. The van der Waals surface area contributed by atoms with E-state index < -0.39 is 0 Å². The Morgan fingerprint density at radius 3 is 2.09 bits per heavy atom. The van der Waals surface area contributed by atoms with E-state index in [4.69, 9.17) is 14.2 Å². The van der Waals surface area contributed by atoms with E-state index in [-0.39, 0.29) is 5.82 Å². The van der Waals surface area contributed by atoms with Gasteiger partial charge >= 0.3 is 0 Å². The van der Waals surface area contributed by atoms with Gasteiger partial charge in [-0.05, 0) is 74.9 Å². The van der Waals surface area contributed by atoms with Crippen LogP contribution in [0.25, 0.3) is 0 Å². The second-order valence-electron chi connectivity index (χ2n) is 9.02. The number of methoxy groups -OCH3 is 3. The molecule has 2 aliphatic rings. The first kappa shape index (κ1) is 24.1. The van der Waals surface area contributed by atoms with E-state index in [1.807, 2.05) is 18.2 Å². The molecule has 2 aromatic rings. The zero-order valence-corrected chi connectivity index (χ0v) is 21.4. The lowest BCUT2D eigenvalue weighted by atomic mass is 9.88. The van der Waals surface area contributed by atoms with Gasteiger partial charge < -0.3 is 24.0 Å². The standard InChI is InChI=1S/C26H34BrFN2O3/c1-31-22-16-24(32-2)26(25(17-22)33-3)30-12-8-21(9-13-30)29-10-6-18(7-11-29)14-19-15-20(28)4-5-23(19)27/h4-5,15-18,21H,6-14H2,1-3H3. The van der Waals surface area contributed by atoms with E-state index in [9.17, 15) is 4.39 Å². The van der Waals surface area contributed by atoms with Crippen molar-refractivity contribution in [2.24, 2.45) is 5.92 Å². The van der Waals surface area contributed by atoms with Gasteiger partial charge in [0, 0.05) is 35.7 Å². The van der Waals surface area contributed by atoms with Crippen LogP contribution in [0.2, 0.25) is 0 Å². The molecular formula is C26H34BrFN2O3. The van der Waals surface area contributed by atoms with Gasteiger partial charge in [0.15, 0.2) is 0 Å². The zero-order chi connectivity index (χ0) is 23.4. The number of halogens is 2. The molecule has 0 saturated carbocycles. The summed E-state index contributed by atoms with van der Waals surface area (Å²) in [7, 11) is 5.04. The maximum atomic E-state index is 13.6. The summed E-state index contributed by atoms with van der Waals surface area (Å²) in [6, 6.07) is 9.46. The topological polar surface area (TPSA) is 34.2 Å². The largest absolute Gasteiger partial charge is 0.496 e. The summed E-state index contributed by atoms with van der Waals surface area (Å²) in [5, 5.41) is 0. The summed E-state index contributed by atoms with van der Waals surface area (Å²) < 4.78 is 31.4. The molecule has 2 heterocycles. The van der Waals surface area contributed by atoms with E-state index in [1.54, 1.807) is 27.4 Å². The Balaban J connectivity index is 1.33. The number of likely N-dealkylation sites (tertiary alicyclic amines) is 1. The predicted molar refractivity (Wildman–Crippen MR) is 133 cm³/mol. The fourth-order valence-corrected chi connectivity index (χ4v) is 5.70. The second kappa shape index (κ2) is 11.0. The molecule has 0 spiro atoms. The second-order valence-corrected chi connectivity index (χ2v) is 9.87. The lowest BCUT2D eigenvalue weighted by Gasteiger charge is -2.42. The molecule has 2 aromatic carbocycles. The SMILES string of the molecule is COc1cc(OC)c(N2CCC(N3CCC(Cc4cc(F)ccc4Br)CC3)CC2)c(OC)c1. The first-order chi connectivity index (χ1) is 16.0. The zero-order valence-electron chi connectivity index (χ0n) is 19.8. The molecule has 0 atom stereocenters. The monoisotopic (exact) mass is 520 g/mol. The molecule has 180 valence electrons. The van der Waals surface area contributed by atoms with Crippen LogP contribution in [0, 0.1) is 11.7 Å². The number of piperidine rings is 2. The molecule has 0 bridgehead atoms. The van der Waals surface area contributed by atoms with Crippen molar-refractivity contribution in [1.82, 2.24) is 4.90 Å². The van der Waals surface area contributed by atoms with Crippen LogP contribution in [0.5, 0.6) is 17.2 Å². The average Bonchev–Trinajstić information content (AvgIpc) is 2.86. The Morgan fingerprint density at radius 1 is 0.879 bits per heavy atom.